The van der Waals surface area contributed by atoms with Crippen LogP contribution in [0.25, 0.3) is 0 Å². The molecule has 0 saturated carbocycles. The predicted octanol–water partition coefficient (Wildman–Crippen LogP) is 1.59. The van der Waals surface area contributed by atoms with Gasteiger partial charge in [0.25, 0.3) is 0 Å². The molecular formula is C20H30N2O6. The second-order valence-corrected chi connectivity index (χ2v) is 6.97. The number of carbonyl (C=O) groups is 2. The Morgan fingerprint density at radius 1 is 1.25 bits per heavy atom. The molecule has 1 aromatic carbocycles. The van der Waals surface area contributed by atoms with E-state index in [1.165, 1.54) is 21.3 Å². The Bertz CT molecular complexity index is 683. The topological polar surface area (TPSA) is 97.3 Å². The first kappa shape index (κ1) is 21.8. The minimum absolute atomic E-state index is 0.112. The molecule has 0 aromatic heterocycles. The van der Waals surface area contributed by atoms with Crippen molar-refractivity contribution in [1.82, 2.24) is 5.32 Å². The number of hydrogen-bond acceptors (Lipinski definition) is 6. The smallest absolute Gasteiger partial charge is 0.227 e. The first-order chi connectivity index (χ1) is 13.4. The normalized spacial score (nSPS) is 18.6. The van der Waals surface area contributed by atoms with Crippen molar-refractivity contribution < 1.29 is 28.9 Å². The zero-order chi connectivity index (χ0) is 20.8. The molecule has 1 saturated heterocycles. The predicted molar refractivity (Wildman–Crippen MR) is 105 cm³/mol. The summed E-state index contributed by atoms with van der Waals surface area (Å²) in [6, 6.07) is 3.06. The van der Waals surface area contributed by atoms with Crippen LogP contribution >= 0.6 is 0 Å². The van der Waals surface area contributed by atoms with Gasteiger partial charge in [0, 0.05) is 25.1 Å². The van der Waals surface area contributed by atoms with Crippen molar-refractivity contribution in [3.8, 4) is 17.2 Å². The highest BCUT2D eigenvalue weighted by Gasteiger charge is 2.37. The number of rotatable bonds is 9. The molecule has 1 fully saturated rings. The Hall–Kier alpha value is -2.48. The van der Waals surface area contributed by atoms with Crippen LogP contribution in [-0.4, -0.2) is 57.4 Å². The number of hydrogen-bond donors (Lipinski definition) is 2. The number of carbonyl (C=O) groups excluding carboxylic acids is 2. The van der Waals surface area contributed by atoms with Gasteiger partial charge >= 0.3 is 0 Å². The van der Waals surface area contributed by atoms with Crippen molar-refractivity contribution in [3.63, 3.8) is 0 Å². The van der Waals surface area contributed by atoms with Gasteiger partial charge in [-0.25, -0.2) is 0 Å². The molecule has 0 unspecified atom stereocenters. The summed E-state index contributed by atoms with van der Waals surface area (Å²) in [4.78, 5) is 26.8. The second-order valence-electron chi connectivity index (χ2n) is 6.97. The van der Waals surface area contributed by atoms with Gasteiger partial charge in [0.15, 0.2) is 11.5 Å². The highest BCUT2D eigenvalue weighted by molar-refractivity contribution is 6.00. The lowest BCUT2D eigenvalue weighted by Crippen LogP contribution is -2.45. The van der Waals surface area contributed by atoms with E-state index in [1.54, 1.807) is 17.0 Å². The number of amides is 2. The molecule has 28 heavy (non-hydrogen) atoms. The molecule has 156 valence electrons. The molecule has 0 radical (unpaired) electrons. The highest BCUT2D eigenvalue weighted by Crippen LogP contribution is 2.42. The van der Waals surface area contributed by atoms with Crippen LogP contribution in [0, 0.1) is 11.8 Å². The van der Waals surface area contributed by atoms with Gasteiger partial charge in [-0.3, -0.25) is 9.59 Å². The summed E-state index contributed by atoms with van der Waals surface area (Å²) in [6.07, 6.45) is 0.952. The van der Waals surface area contributed by atoms with Gasteiger partial charge in [-0.05, 0) is 5.92 Å². The highest BCUT2D eigenvalue weighted by atomic mass is 16.5. The fourth-order valence-corrected chi connectivity index (χ4v) is 3.31. The van der Waals surface area contributed by atoms with Crippen LogP contribution in [0.3, 0.4) is 0 Å². The minimum Gasteiger partial charge on any atom is -0.493 e. The third kappa shape index (κ3) is 4.49. The zero-order valence-electron chi connectivity index (χ0n) is 17.2. The Kier molecular flexibility index (Phi) is 7.51. The summed E-state index contributed by atoms with van der Waals surface area (Å²) in [5.74, 6) is 0.612. The molecule has 1 aliphatic rings. The molecule has 1 heterocycles. The van der Waals surface area contributed by atoms with Crippen LogP contribution in [0.15, 0.2) is 12.1 Å². The molecule has 0 spiro atoms. The first-order valence-electron chi connectivity index (χ1n) is 9.41. The number of nitrogens with zero attached hydrogens (tertiary/aromatic N) is 1. The quantitative estimate of drug-likeness (QED) is 0.660. The summed E-state index contributed by atoms with van der Waals surface area (Å²) >= 11 is 0. The van der Waals surface area contributed by atoms with E-state index in [0.29, 0.717) is 22.9 Å². The molecule has 3 atom stereocenters. The molecule has 1 aliphatic heterocycles. The van der Waals surface area contributed by atoms with E-state index < -0.39 is 5.92 Å². The van der Waals surface area contributed by atoms with Gasteiger partial charge in [0.05, 0.1) is 45.6 Å². The van der Waals surface area contributed by atoms with E-state index in [-0.39, 0.29) is 43.3 Å². The van der Waals surface area contributed by atoms with Crippen molar-refractivity contribution in [2.24, 2.45) is 11.8 Å². The van der Waals surface area contributed by atoms with E-state index in [9.17, 15) is 14.7 Å². The Morgan fingerprint density at radius 3 is 2.32 bits per heavy atom. The van der Waals surface area contributed by atoms with Crippen molar-refractivity contribution in [3.05, 3.63) is 12.1 Å². The molecule has 0 bridgehead atoms. The van der Waals surface area contributed by atoms with Crippen molar-refractivity contribution in [2.75, 3.05) is 39.4 Å². The zero-order valence-corrected chi connectivity index (χ0v) is 17.2. The minimum atomic E-state index is -0.482. The third-order valence-corrected chi connectivity index (χ3v) is 5.31. The molecule has 2 rings (SSSR count). The summed E-state index contributed by atoms with van der Waals surface area (Å²) in [7, 11) is 4.52. The van der Waals surface area contributed by atoms with Gasteiger partial charge in [0.1, 0.15) is 0 Å². The number of aliphatic hydroxyl groups excluding tert-OH is 1. The maximum absolute atomic E-state index is 12.6. The molecule has 0 aliphatic carbocycles. The van der Waals surface area contributed by atoms with Gasteiger partial charge in [-0.2, -0.15) is 0 Å². The van der Waals surface area contributed by atoms with Crippen LogP contribution in [0.2, 0.25) is 0 Å². The van der Waals surface area contributed by atoms with Crippen LogP contribution in [0.5, 0.6) is 17.2 Å². The number of anilines is 1. The molecule has 2 N–H and O–H groups in total. The summed E-state index contributed by atoms with van der Waals surface area (Å²) < 4.78 is 16.0. The first-order valence-corrected chi connectivity index (χ1v) is 9.41. The summed E-state index contributed by atoms with van der Waals surface area (Å²) in [6.45, 7) is 4.11. The Labute approximate surface area is 165 Å². The second kappa shape index (κ2) is 9.64. The number of methoxy groups -OCH3 is 3. The standard InChI is InChI=1S/C20H30N2O6/c1-6-12(2)15(11-23)21-20(25)13-7-18(24)22(10-13)14-8-16(26-3)19(28-5)17(9-14)27-4/h8-9,12-13,15,23H,6-7,10-11H2,1-5H3,(H,21,25)/t12-,13+,15-/m1/s1. The number of ether oxygens (including phenoxy) is 3. The van der Waals surface area contributed by atoms with Crippen molar-refractivity contribution in [1.29, 1.82) is 0 Å². The van der Waals surface area contributed by atoms with Crippen LogP contribution in [0.1, 0.15) is 26.7 Å². The molecule has 2 amide bonds. The van der Waals surface area contributed by atoms with E-state index >= 15 is 0 Å². The fourth-order valence-electron chi connectivity index (χ4n) is 3.31. The van der Waals surface area contributed by atoms with E-state index in [4.69, 9.17) is 14.2 Å². The summed E-state index contributed by atoms with van der Waals surface area (Å²) in [5, 5.41) is 12.4. The monoisotopic (exact) mass is 394 g/mol. The van der Waals surface area contributed by atoms with E-state index in [0.717, 1.165) is 6.42 Å². The molecule has 8 heteroatoms. The van der Waals surface area contributed by atoms with E-state index in [2.05, 4.69) is 5.32 Å². The van der Waals surface area contributed by atoms with Gasteiger partial charge in [-0.1, -0.05) is 20.3 Å². The van der Waals surface area contributed by atoms with Gasteiger partial charge in [0.2, 0.25) is 17.6 Å². The van der Waals surface area contributed by atoms with Crippen molar-refractivity contribution in [2.45, 2.75) is 32.7 Å². The number of nitrogens with one attached hydrogen (secondary N) is 1. The van der Waals surface area contributed by atoms with Crippen LogP contribution in [0.4, 0.5) is 5.69 Å². The van der Waals surface area contributed by atoms with Crippen LogP contribution < -0.4 is 24.4 Å². The van der Waals surface area contributed by atoms with Crippen LogP contribution in [-0.2, 0) is 9.59 Å². The lowest BCUT2D eigenvalue weighted by molar-refractivity contribution is -0.127. The molecule has 1 aromatic rings. The van der Waals surface area contributed by atoms with Crippen molar-refractivity contribution >= 4 is 17.5 Å². The fraction of sp³-hybridized carbons (Fsp3) is 0.600. The van der Waals surface area contributed by atoms with E-state index in [1.807, 2.05) is 13.8 Å². The van der Waals surface area contributed by atoms with Gasteiger partial charge < -0.3 is 29.5 Å². The third-order valence-electron chi connectivity index (χ3n) is 5.31. The molecular weight excluding hydrogens is 364 g/mol. The maximum atomic E-state index is 12.6. The average Bonchev–Trinajstić information content (AvgIpc) is 3.11. The Balaban J connectivity index is 2.19. The lowest BCUT2D eigenvalue weighted by Gasteiger charge is -2.24. The van der Waals surface area contributed by atoms with Gasteiger partial charge in [-0.15, -0.1) is 0 Å². The Morgan fingerprint density at radius 2 is 1.86 bits per heavy atom. The molecule has 8 nitrogen and oxygen atoms in total. The average molecular weight is 394 g/mol. The largest absolute Gasteiger partial charge is 0.493 e. The SMILES string of the molecule is CC[C@@H](C)[C@@H](CO)NC(=O)[C@H]1CC(=O)N(c2cc(OC)c(OC)c(OC)c2)C1. The number of benzene rings is 1. The number of aliphatic hydroxyl groups is 1. The maximum Gasteiger partial charge on any atom is 0.227 e. The lowest BCUT2D eigenvalue weighted by atomic mass is 9.98. The summed E-state index contributed by atoms with van der Waals surface area (Å²) in [5.41, 5.74) is 0.579.